The Morgan fingerprint density at radius 1 is 0.974 bits per heavy atom. The zero-order valence-electron chi connectivity index (χ0n) is 26.4. The third kappa shape index (κ3) is 11.6. The lowest BCUT2D eigenvalue weighted by Crippen LogP contribution is -2.56. The highest BCUT2D eigenvalue weighted by atomic mass is 16.6. The van der Waals surface area contributed by atoms with Crippen LogP contribution in [0.2, 0.25) is 0 Å². The Morgan fingerprint density at radius 3 is 2.15 bits per heavy atom. The van der Waals surface area contributed by atoms with E-state index in [1.54, 1.807) is 25.7 Å². The monoisotopic (exact) mass is 545 g/mol. The molecule has 3 unspecified atom stereocenters. The van der Waals surface area contributed by atoms with Crippen molar-refractivity contribution in [2.24, 2.45) is 11.8 Å². The summed E-state index contributed by atoms with van der Waals surface area (Å²) < 4.78 is 5.51. The fraction of sp³-hybridized carbons (Fsp3) is 0.719. The van der Waals surface area contributed by atoms with Crippen molar-refractivity contribution in [2.45, 2.75) is 132 Å². The molecule has 222 valence electrons. The van der Waals surface area contributed by atoms with Gasteiger partial charge in [-0.3, -0.25) is 9.59 Å². The van der Waals surface area contributed by atoms with E-state index in [9.17, 15) is 14.4 Å². The van der Waals surface area contributed by atoms with E-state index in [1.807, 2.05) is 52.8 Å². The average molecular weight is 546 g/mol. The zero-order chi connectivity index (χ0) is 29.9. The molecule has 1 aromatic rings. The van der Waals surface area contributed by atoms with Crippen LogP contribution in [0.25, 0.3) is 0 Å². The molecule has 0 aliphatic carbocycles. The van der Waals surface area contributed by atoms with Gasteiger partial charge in [-0.15, -0.1) is 0 Å². The maximum atomic E-state index is 14.5. The molecule has 1 rings (SSSR count). The van der Waals surface area contributed by atoms with Gasteiger partial charge in [0.25, 0.3) is 0 Å². The summed E-state index contributed by atoms with van der Waals surface area (Å²) in [5.41, 5.74) is 2.17. The maximum Gasteiger partial charge on any atom is 0.408 e. The van der Waals surface area contributed by atoms with Crippen LogP contribution >= 0.6 is 0 Å². The number of rotatable bonds is 14. The molecule has 0 fully saturated rings. The van der Waals surface area contributed by atoms with Crippen LogP contribution in [-0.2, 0) is 14.3 Å². The molecule has 3 atom stereocenters. The van der Waals surface area contributed by atoms with E-state index < -0.39 is 23.8 Å². The van der Waals surface area contributed by atoms with E-state index in [0.29, 0.717) is 18.9 Å². The van der Waals surface area contributed by atoms with Crippen LogP contribution in [0.3, 0.4) is 0 Å². The van der Waals surface area contributed by atoms with Crippen LogP contribution in [0.5, 0.6) is 0 Å². The Hall–Kier alpha value is -2.57. The van der Waals surface area contributed by atoms with Crippen LogP contribution in [0.4, 0.5) is 4.79 Å². The Bertz CT molecular complexity index is 936. The number of hydrogen-bond acceptors (Lipinski definition) is 4. The van der Waals surface area contributed by atoms with Gasteiger partial charge in [-0.05, 0) is 95.8 Å². The third-order valence-electron chi connectivity index (χ3n) is 6.88. The van der Waals surface area contributed by atoms with E-state index in [4.69, 9.17) is 4.74 Å². The molecule has 0 bridgehead atoms. The van der Waals surface area contributed by atoms with Crippen LogP contribution < -0.4 is 10.6 Å². The second kappa shape index (κ2) is 15.9. The van der Waals surface area contributed by atoms with Crippen molar-refractivity contribution in [1.82, 2.24) is 15.5 Å². The lowest BCUT2D eigenvalue weighted by Gasteiger charge is -2.39. The number of amides is 3. The first-order chi connectivity index (χ1) is 18.1. The number of unbranched alkanes of at least 4 members (excludes halogenated alkanes) is 1. The minimum Gasteiger partial charge on any atom is -0.444 e. The number of alkyl carbamates (subject to hydrolysis) is 1. The molecule has 0 aliphatic heterocycles. The Morgan fingerprint density at radius 2 is 1.62 bits per heavy atom. The molecule has 1 aromatic carbocycles. The predicted octanol–water partition coefficient (Wildman–Crippen LogP) is 6.85. The van der Waals surface area contributed by atoms with Gasteiger partial charge in [-0.1, -0.05) is 59.2 Å². The number of nitrogens with zero attached hydrogens (tertiary/aromatic N) is 1. The number of aryl methyl sites for hydroxylation is 1. The van der Waals surface area contributed by atoms with Gasteiger partial charge >= 0.3 is 6.09 Å². The van der Waals surface area contributed by atoms with E-state index in [1.165, 1.54) is 0 Å². The van der Waals surface area contributed by atoms with Crippen molar-refractivity contribution in [3.63, 3.8) is 0 Å². The highest BCUT2D eigenvalue weighted by Crippen LogP contribution is 2.31. The smallest absolute Gasteiger partial charge is 0.408 e. The molecular formula is C32H55N3O4. The summed E-state index contributed by atoms with van der Waals surface area (Å²) in [4.78, 5) is 43.0. The largest absolute Gasteiger partial charge is 0.444 e. The summed E-state index contributed by atoms with van der Waals surface area (Å²) >= 11 is 0. The highest BCUT2D eigenvalue weighted by molar-refractivity contribution is 5.92. The lowest BCUT2D eigenvalue weighted by atomic mass is 9.92. The number of benzene rings is 1. The third-order valence-corrected chi connectivity index (χ3v) is 6.88. The molecule has 0 aromatic heterocycles. The normalized spacial score (nSPS) is 14.1. The van der Waals surface area contributed by atoms with Crippen LogP contribution in [0.15, 0.2) is 18.2 Å². The van der Waals surface area contributed by atoms with Crippen molar-refractivity contribution in [3.05, 3.63) is 34.9 Å². The molecule has 0 aliphatic rings. The van der Waals surface area contributed by atoms with Gasteiger partial charge in [0.1, 0.15) is 17.7 Å². The summed E-state index contributed by atoms with van der Waals surface area (Å²) in [6.07, 6.45) is 3.27. The van der Waals surface area contributed by atoms with Crippen molar-refractivity contribution in [3.8, 4) is 0 Å². The van der Waals surface area contributed by atoms with Gasteiger partial charge in [0, 0.05) is 12.6 Å². The standard InChI is InChI=1S/C32H55N3O4/c1-12-13-19-33-29(36)28(26-16-14-15-23(6)25(26)8)35(24(7)18-17-21(2)3)30(37)27(20-22(4)5)34-31(38)39-32(9,10)11/h14-16,21-22,24,27-28H,12-13,17-20H2,1-11H3,(H,33,36)(H,34,38). The fourth-order valence-corrected chi connectivity index (χ4v) is 4.61. The van der Waals surface area contributed by atoms with Gasteiger partial charge in [0.05, 0.1) is 0 Å². The minimum absolute atomic E-state index is 0.138. The van der Waals surface area contributed by atoms with Crippen molar-refractivity contribution < 1.29 is 19.1 Å². The Balaban J connectivity index is 3.67. The molecule has 0 saturated heterocycles. The first-order valence-corrected chi connectivity index (χ1v) is 14.7. The fourth-order valence-electron chi connectivity index (χ4n) is 4.61. The van der Waals surface area contributed by atoms with Crippen molar-refractivity contribution in [2.75, 3.05) is 6.54 Å². The summed E-state index contributed by atoms with van der Waals surface area (Å²) in [5, 5.41) is 5.94. The summed E-state index contributed by atoms with van der Waals surface area (Å²) in [6.45, 7) is 22.4. The molecule has 0 spiro atoms. The van der Waals surface area contributed by atoms with E-state index in [-0.39, 0.29) is 23.8 Å². The van der Waals surface area contributed by atoms with Gasteiger partial charge in [-0.25, -0.2) is 4.79 Å². The van der Waals surface area contributed by atoms with Crippen molar-refractivity contribution in [1.29, 1.82) is 0 Å². The SMILES string of the molecule is CCCCNC(=O)C(c1cccc(C)c1C)N(C(=O)C(CC(C)C)NC(=O)OC(C)(C)C)C(C)CCC(C)C. The maximum absolute atomic E-state index is 14.5. The number of ether oxygens (including phenoxy) is 1. The highest BCUT2D eigenvalue weighted by Gasteiger charge is 2.39. The molecule has 0 radical (unpaired) electrons. The molecule has 0 heterocycles. The second-order valence-electron chi connectivity index (χ2n) is 12.7. The summed E-state index contributed by atoms with van der Waals surface area (Å²) in [5.74, 6) is 0.136. The Labute approximate surface area is 237 Å². The summed E-state index contributed by atoms with van der Waals surface area (Å²) in [6, 6.07) is 4.04. The molecule has 7 nitrogen and oxygen atoms in total. The first kappa shape index (κ1) is 34.5. The first-order valence-electron chi connectivity index (χ1n) is 14.7. The quantitative estimate of drug-likeness (QED) is 0.250. The van der Waals surface area contributed by atoms with E-state index in [0.717, 1.165) is 42.4 Å². The topological polar surface area (TPSA) is 87.7 Å². The van der Waals surface area contributed by atoms with Gasteiger partial charge in [0.15, 0.2) is 0 Å². The van der Waals surface area contributed by atoms with E-state index >= 15 is 0 Å². The molecule has 3 amide bonds. The number of carbonyl (C=O) groups excluding carboxylic acids is 3. The predicted molar refractivity (Wildman–Crippen MR) is 160 cm³/mol. The molecule has 39 heavy (non-hydrogen) atoms. The average Bonchev–Trinajstić information content (AvgIpc) is 2.80. The van der Waals surface area contributed by atoms with Gasteiger partial charge in [-0.2, -0.15) is 0 Å². The van der Waals surface area contributed by atoms with Gasteiger partial charge < -0.3 is 20.3 Å². The number of hydrogen-bond donors (Lipinski definition) is 2. The number of carbonyl (C=O) groups is 3. The van der Waals surface area contributed by atoms with Crippen LogP contribution in [0, 0.1) is 25.7 Å². The van der Waals surface area contributed by atoms with Gasteiger partial charge in [0.2, 0.25) is 11.8 Å². The van der Waals surface area contributed by atoms with Crippen LogP contribution in [-0.4, -0.2) is 47.0 Å². The Kier molecular flexibility index (Phi) is 14.0. The summed E-state index contributed by atoms with van der Waals surface area (Å²) in [7, 11) is 0. The molecule has 2 N–H and O–H groups in total. The van der Waals surface area contributed by atoms with E-state index in [2.05, 4.69) is 31.4 Å². The zero-order valence-corrected chi connectivity index (χ0v) is 26.4. The molecular weight excluding hydrogens is 490 g/mol. The molecule has 7 heteroatoms. The van der Waals surface area contributed by atoms with Crippen molar-refractivity contribution >= 4 is 17.9 Å². The lowest BCUT2D eigenvalue weighted by molar-refractivity contribution is -0.145. The minimum atomic E-state index is -0.822. The van der Waals surface area contributed by atoms with Crippen LogP contribution in [0.1, 0.15) is 117 Å². The number of nitrogens with one attached hydrogen (secondary N) is 2. The second-order valence-corrected chi connectivity index (χ2v) is 12.7. The molecule has 0 saturated carbocycles.